The van der Waals surface area contributed by atoms with Gasteiger partial charge in [-0.2, -0.15) is 18.3 Å². The molecule has 1 aromatic heterocycles. The van der Waals surface area contributed by atoms with Crippen molar-refractivity contribution in [1.82, 2.24) is 9.99 Å². The van der Waals surface area contributed by atoms with Gasteiger partial charge in [0.15, 0.2) is 0 Å². The van der Waals surface area contributed by atoms with Crippen molar-refractivity contribution in [1.29, 1.82) is 0 Å². The molecule has 0 unspecified atom stereocenters. The molecular weight excluding hydrogens is 343 g/mol. The normalized spacial score (nSPS) is 12.4. The van der Waals surface area contributed by atoms with Gasteiger partial charge in [0.2, 0.25) is 0 Å². The number of hydrogen-bond acceptors (Lipinski definition) is 3. The van der Waals surface area contributed by atoms with Crippen LogP contribution in [0.1, 0.15) is 42.3 Å². The Balaban J connectivity index is 2.25. The van der Waals surface area contributed by atoms with Crippen LogP contribution in [0.3, 0.4) is 0 Å². The minimum Gasteiger partial charge on any atom is -0.267 e. The van der Waals surface area contributed by atoms with Crippen LogP contribution in [0.5, 0.6) is 0 Å². The molecule has 0 atom stereocenters. The molecule has 0 N–H and O–H groups in total. The van der Waals surface area contributed by atoms with Crippen LogP contribution in [0.2, 0.25) is 0 Å². The lowest BCUT2D eigenvalue weighted by atomic mass is 10.0. The molecule has 2 aromatic rings. The summed E-state index contributed by atoms with van der Waals surface area (Å²) in [5.74, 6) is -0.592. The summed E-state index contributed by atoms with van der Waals surface area (Å²) >= 11 is 0. The number of benzene rings is 1. The number of halogens is 3. The highest BCUT2D eigenvalue weighted by Crippen LogP contribution is 2.30. The van der Waals surface area contributed by atoms with Crippen molar-refractivity contribution in [3.05, 3.63) is 65.5 Å². The average Bonchev–Trinajstić information content (AvgIpc) is 2.57. The minimum atomic E-state index is -4.51. The fourth-order valence-corrected chi connectivity index (χ4v) is 2.23. The van der Waals surface area contributed by atoms with E-state index in [0.29, 0.717) is 6.42 Å². The van der Waals surface area contributed by atoms with Crippen molar-refractivity contribution in [3.63, 3.8) is 0 Å². The fourth-order valence-electron chi connectivity index (χ4n) is 2.23. The summed E-state index contributed by atoms with van der Waals surface area (Å²) in [6, 6.07) is 8.01. The van der Waals surface area contributed by atoms with Gasteiger partial charge >= 0.3 is 6.18 Å². The van der Waals surface area contributed by atoms with Crippen LogP contribution in [0.15, 0.2) is 53.9 Å². The van der Waals surface area contributed by atoms with E-state index in [1.54, 1.807) is 45.4 Å². The molecule has 2 rings (SSSR count). The third-order valence-electron chi connectivity index (χ3n) is 3.51. The highest BCUT2D eigenvalue weighted by Gasteiger charge is 2.32. The maximum Gasteiger partial charge on any atom is 0.416 e. The van der Waals surface area contributed by atoms with Gasteiger partial charge in [-0.1, -0.05) is 12.1 Å². The molecule has 0 bridgehead atoms. The average molecular weight is 363 g/mol. The van der Waals surface area contributed by atoms with Crippen LogP contribution >= 0.6 is 0 Å². The summed E-state index contributed by atoms with van der Waals surface area (Å²) in [5, 5.41) is 5.40. The van der Waals surface area contributed by atoms with Gasteiger partial charge in [-0.3, -0.25) is 9.78 Å². The first-order valence-corrected chi connectivity index (χ1v) is 8.02. The van der Waals surface area contributed by atoms with Gasteiger partial charge < -0.3 is 0 Å². The second-order valence-electron chi connectivity index (χ2n) is 6.73. The summed E-state index contributed by atoms with van der Waals surface area (Å²) < 4.78 is 38.7. The van der Waals surface area contributed by atoms with Gasteiger partial charge in [-0.25, -0.2) is 5.01 Å². The Kier molecular flexibility index (Phi) is 5.79. The van der Waals surface area contributed by atoms with Gasteiger partial charge in [0.25, 0.3) is 5.91 Å². The van der Waals surface area contributed by atoms with E-state index in [1.165, 1.54) is 17.1 Å². The first kappa shape index (κ1) is 19.6. The summed E-state index contributed by atoms with van der Waals surface area (Å²) in [4.78, 5) is 16.7. The molecule has 7 heteroatoms. The van der Waals surface area contributed by atoms with E-state index in [2.05, 4.69) is 10.1 Å². The number of alkyl halides is 3. The standard InChI is InChI=1S/C19H20F3N3O/c1-18(2,3)25(24-11-9-14-6-5-10-23-13-14)17(26)15-7-4-8-16(12-15)19(20,21)22/h4-8,10-13H,9H2,1-3H3/b24-11+. The maximum absolute atomic E-state index is 12.9. The van der Waals surface area contributed by atoms with Crippen molar-refractivity contribution in [2.75, 3.05) is 0 Å². The second kappa shape index (κ2) is 7.68. The Bertz CT molecular complexity index is 781. The second-order valence-corrected chi connectivity index (χ2v) is 6.73. The molecule has 4 nitrogen and oxygen atoms in total. The molecule has 1 amide bonds. The van der Waals surface area contributed by atoms with Crippen LogP contribution < -0.4 is 0 Å². The molecule has 26 heavy (non-hydrogen) atoms. The number of hydrazone groups is 1. The van der Waals surface area contributed by atoms with Crippen LogP contribution in [-0.2, 0) is 12.6 Å². The van der Waals surface area contributed by atoms with Crippen molar-refractivity contribution in [2.24, 2.45) is 5.10 Å². The van der Waals surface area contributed by atoms with Crippen LogP contribution in [0, 0.1) is 0 Å². The Morgan fingerprint density at radius 3 is 2.50 bits per heavy atom. The van der Waals surface area contributed by atoms with Gasteiger partial charge in [-0.15, -0.1) is 0 Å². The predicted octanol–water partition coefficient (Wildman–Crippen LogP) is 4.57. The molecule has 1 heterocycles. The van der Waals surface area contributed by atoms with Crippen LogP contribution in [-0.4, -0.2) is 27.7 Å². The van der Waals surface area contributed by atoms with Gasteiger partial charge in [0.1, 0.15) is 0 Å². The number of carbonyl (C=O) groups excluding carboxylic acids is 1. The number of aromatic nitrogens is 1. The molecule has 138 valence electrons. The molecule has 0 spiro atoms. The van der Waals surface area contributed by atoms with E-state index in [1.807, 2.05) is 6.07 Å². The number of rotatable bonds is 4. The first-order chi connectivity index (χ1) is 12.1. The zero-order valence-electron chi connectivity index (χ0n) is 14.8. The summed E-state index contributed by atoms with van der Waals surface area (Å²) in [5.41, 5.74) is -0.710. The maximum atomic E-state index is 12.9. The van der Waals surface area contributed by atoms with E-state index < -0.39 is 23.2 Å². The van der Waals surface area contributed by atoms with Crippen molar-refractivity contribution in [3.8, 4) is 0 Å². The van der Waals surface area contributed by atoms with Crippen molar-refractivity contribution >= 4 is 12.1 Å². The number of nitrogens with zero attached hydrogens (tertiary/aromatic N) is 3. The Hall–Kier alpha value is -2.70. The summed E-state index contributed by atoms with van der Waals surface area (Å²) in [6.45, 7) is 5.29. The van der Waals surface area contributed by atoms with E-state index >= 15 is 0 Å². The zero-order chi connectivity index (χ0) is 19.4. The third kappa shape index (κ3) is 5.15. The van der Waals surface area contributed by atoms with E-state index in [9.17, 15) is 18.0 Å². The lowest BCUT2D eigenvalue weighted by Crippen LogP contribution is -2.42. The third-order valence-corrected chi connectivity index (χ3v) is 3.51. The molecule has 0 aliphatic carbocycles. The monoisotopic (exact) mass is 363 g/mol. The molecule has 0 saturated carbocycles. The number of hydrogen-bond donors (Lipinski definition) is 0. The first-order valence-electron chi connectivity index (χ1n) is 8.02. The molecule has 0 aliphatic rings. The predicted molar refractivity (Wildman–Crippen MR) is 93.8 cm³/mol. The number of carbonyl (C=O) groups is 1. The van der Waals surface area contributed by atoms with Gasteiger partial charge in [0, 0.05) is 30.6 Å². The van der Waals surface area contributed by atoms with Gasteiger partial charge in [-0.05, 0) is 50.6 Å². The molecule has 0 saturated heterocycles. The lowest BCUT2D eigenvalue weighted by Gasteiger charge is -2.31. The summed E-state index contributed by atoms with van der Waals surface area (Å²) in [6.07, 6.45) is 0.831. The largest absolute Gasteiger partial charge is 0.416 e. The smallest absolute Gasteiger partial charge is 0.267 e. The number of pyridine rings is 1. The SMILES string of the molecule is CC(C)(C)N(/N=C/Cc1cccnc1)C(=O)c1cccc(C(F)(F)F)c1. The topological polar surface area (TPSA) is 45.6 Å². The molecule has 0 radical (unpaired) electrons. The van der Waals surface area contributed by atoms with Crippen LogP contribution in [0.4, 0.5) is 13.2 Å². The van der Waals surface area contributed by atoms with E-state index in [4.69, 9.17) is 0 Å². The Labute approximate surface area is 150 Å². The Morgan fingerprint density at radius 1 is 1.19 bits per heavy atom. The Morgan fingerprint density at radius 2 is 1.92 bits per heavy atom. The molecule has 1 aromatic carbocycles. The highest BCUT2D eigenvalue weighted by atomic mass is 19.4. The van der Waals surface area contributed by atoms with E-state index in [-0.39, 0.29) is 5.56 Å². The quantitative estimate of drug-likeness (QED) is 0.590. The van der Waals surface area contributed by atoms with Crippen molar-refractivity contribution < 1.29 is 18.0 Å². The van der Waals surface area contributed by atoms with Crippen molar-refractivity contribution in [2.45, 2.75) is 38.9 Å². The van der Waals surface area contributed by atoms with Crippen LogP contribution in [0.25, 0.3) is 0 Å². The zero-order valence-corrected chi connectivity index (χ0v) is 14.8. The summed E-state index contributed by atoms with van der Waals surface area (Å²) in [7, 11) is 0. The highest BCUT2D eigenvalue weighted by molar-refractivity contribution is 5.95. The molecule has 0 aliphatic heterocycles. The van der Waals surface area contributed by atoms with Gasteiger partial charge in [0.05, 0.1) is 11.1 Å². The van der Waals surface area contributed by atoms with E-state index in [0.717, 1.165) is 17.7 Å². The minimum absolute atomic E-state index is 0.0618. The lowest BCUT2D eigenvalue weighted by molar-refractivity contribution is -0.137. The molecule has 0 fully saturated rings. The molecular formula is C19H20F3N3O. The fraction of sp³-hybridized carbons (Fsp3) is 0.316. The number of amides is 1.